The van der Waals surface area contributed by atoms with Crippen molar-refractivity contribution >= 4 is 34.5 Å². The molecule has 0 aliphatic carbocycles. The van der Waals surface area contributed by atoms with E-state index in [1.54, 1.807) is 16.7 Å². The van der Waals surface area contributed by atoms with Crippen LogP contribution in [-0.2, 0) is 4.79 Å². The maximum atomic E-state index is 12.7. The highest BCUT2D eigenvalue weighted by Crippen LogP contribution is 2.18. The fraction of sp³-hybridized carbons (Fsp3) is 0.471. The van der Waals surface area contributed by atoms with Gasteiger partial charge in [-0.1, -0.05) is 25.1 Å². The zero-order chi connectivity index (χ0) is 16.9. The van der Waals surface area contributed by atoms with Crippen molar-refractivity contribution in [2.24, 2.45) is 0 Å². The molecule has 7 heteroatoms. The Labute approximate surface area is 145 Å². The third-order valence-corrected chi connectivity index (χ3v) is 5.31. The number of aromatic nitrogens is 2. The number of hydrogen-bond acceptors (Lipinski definition) is 4. The molecule has 2 heterocycles. The fourth-order valence-corrected chi connectivity index (χ4v) is 3.62. The van der Waals surface area contributed by atoms with Crippen molar-refractivity contribution in [2.45, 2.75) is 13.3 Å². The molecular weight excluding hydrogens is 324 g/mol. The van der Waals surface area contributed by atoms with Crippen LogP contribution in [-0.4, -0.2) is 69.5 Å². The summed E-state index contributed by atoms with van der Waals surface area (Å²) in [6.45, 7) is 4.42. The first kappa shape index (κ1) is 16.8. The minimum atomic E-state index is -0.0695. The number of nitrogens with one attached hydrogen (secondary N) is 1. The number of carbonyl (C=O) groups is 2. The zero-order valence-electron chi connectivity index (χ0n) is 13.8. The maximum Gasteiger partial charge on any atom is 0.275 e. The Morgan fingerprint density at radius 3 is 2.62 bits per heavy atom. The van der Waals surface area contributed by atoms with Crippen LogP contribution >= 0.6 is 11.8 Å². The van der Waals surface area contributed by atoms with Gasteiger partial charge in [-0.15, -0.1) is 0 Å². The number of thioether (sulfide) groups is 1. The van der Waals surface area contributed by atoms with Gasteiger partial charge in [-0.2, -0.15) is 16.9 Å². The normalized spacial score (nSPS) is 15.0. The number of piperazine rings is 1. The van der Waals surface area contributed by atoms with E-state index in [-0.39, 0.29) is 11.8 Å². The SMILES string of the molecule is CCCSCC(=O)N1CCN(C(=O)c2n[nH]c3ccccc23)CC1. The first-order valence-electron chi connectivity index (χ1n) is 8.28. The average Bonchev–Trinajstić information content (AvgIpc) is 3.05. The number of hydrogen-bond donors (Lipinski definition) is 1. The van der Waals surface area contributed by atoms with Crippen LogP contribution in [0.15, 0.2) is 24.3 Å². The molecule has 1 aliphatic rings. The van der Waals surface area contributed by atoms with E-state index in [9.17, 15) is 9.59 Å². The monoisotopic (exact) mass is 346 g/mol. The molecule has 3 rings (SSSR count). The van der Waals surface area contributed by atoms with Gasteiger partial charge in [0.25, 0.3) is 5.91 Å². The van der Waals surface area contributed by atoms with E-state index in [0.29, 0.717) is 37.6 Å². The Morgan fingerprint density at radius 2 is 1.88 bits per heavy atom. The van der Waals surface area contributed by atoms with Gasteiger partial charge in [0.05, 0.1) is 11.3 Å². The van der Waals surface area contributed by atoms with Crippen LogP contribution in [0, 0.1) is 0 Å². The molecule has 6 nitrogen and oxygen atoms in total. The Balaban J connectivity index is 1.58. The van der Waals surface area contributed by atoms with Crippen LogP contribution in [0.4, 0.5) is 0 Å². The third-order valence-electron chi connectivity index (χ3n) is 4.17. The van der Waals surface area contributed by atoms with E-state index in [4.69, 9.17) is 0 Å². The van der Waals surface area contributed by atoms with Gasteiger partial charge in [0.2, 0.25) is 5.91 Å². The fourth-order valence-electron chi connectivity index (χ4n) is 2.83. The number of rotatable bonds is 5. The van der Waals surface area contributed by atoms with Gasteiger partial charge in [0.1, 0.15) is 0 Å². The number of carbonyl (C=O) groups excluding carboxylic acids is 2. The first-order chi connectivity index (χ1) is 11.7. The minimum absolute atomic E-state index is 0.0695. The van der Waals surface area contributed by atoms with Gasteiger partial charge in [0.15, 0.2) is 5.69 Å². The standard InChI is InChI=1S/C17H22N4O2S/c1-2-11-24-12-15(22)20-7-9-21(10-8-20)17(23)16-13-5-3-4-6-14(13)18-19-16/h3-6H,2,7-12H2,1H3,(H,18,19). The smallest absolute Gasteiger partial charge is 0.275 e. The molecule has 1 aromatic carbocycles. The molecule has 1 saturated heterocycles. The number of benzene rings is 1. The van der Waals surface area contributed by atoms with Crippen molar-refractivity contribution in [3.8, 4) is 0 Å². The van der Waals surface area contributed by atoms with Gasteiger partial charge >= 0.3 is 0 Å². The summed E-state index contributed by atoms with van der Waals surface area (Å²) in [7, 11) is 0. The Hall–Kier alpha value is -2.02. The molecule has 1 fully saturated rings. The molecule has 0 spiro atoms. The van der Waals surface area contributed by atoms with Crippen molar-refractivity contribution in [3.63, 3.8) is 0 Å². The van der Waals surface area contributed by atoms with Crippen molar-refractivity contribution in [1.82, 2.24) is 20.0 Å². The van der Waals surface area contributed by atoms with Gasteiger partial charge in [-0.05, 0) is 18.2 Å². The summed E-state index contributed by atoms with van der Waals surface area (Å²) < 4.78 is 0. The molecule has 0 bridgehead atoms. The Morgan fingerprint density at radius 1 is 1.17 bits per heavy atom. The van der Waals surface area contributed by atoms with Crippen molar-refractivity contribution in [1.29, 1.82) is 0 Å². The van der Waals surface area contributed by atoms with E-state index in [0.717, 1.165) is 23.1 Å². The van der Waals surface area contributed by atoms with Crippen LogP contribution in [0.3, 0.4) is 0 Å². The predicted molar refractivity (Wildman–Crippen MR) is 96.2 cm³/mol. The lowest BCUT2D eigenvalue weighted by molar-refractivity contribution is -0.129. The van der Waals surface area contributed by atoms with E-state index in [1.807, 2.05) is 29.2 Å². The topological polar surface area (TPSA) is 69.3 Å². The molecule has 0 radical (unpaired) electrons. The highest BCUT2D eigenvalue weighted by Gasteiger charge is 2.26. The number of H-pyrrole nitrogens is 1. The summed E-state index contributed by atoms with van der Waals surface area (Å²) in [5.74, 6) is 1.65. The Bertz CT molecular complexity index is 722. The Kier molecular flexibility index (Phi) is 5.40. The minimum Gasteiger partial charge on any atom is -0.338 e. The summed E-state index contributed by atoms with van der Waals surface area (Å²) in [5.41, 5.74) is 1.33. The molecular formula is C17H22N4O2S. The summed E-state index contributed by atoms with van der Waals surface area (Å²) in [4.78, 5) is 28.5. The quantitative estimate of drug-likeness (QED) is 0.841. The van der Waals surface area contributed by atoms with Crippen LogP contribution in [0.1, 0.15) is 23.8 Å². The van der Waals surface area contributed by atoms with E-state index in [1.165, 1.54) is 0 Å². The lowest BCUT2D eigenvalue weighted by Gasteiger charge is -2.34. The largest absolute Gasteiger partial charge is 0.338 e. The molecule has 0 saturated carbocycles. The van der Waals surface area contributed by atoms with E-state index >= 15 is 0 Å². The molecule has 128 valence electrons. The summed E-state index contributed by atoms with van der Waals surface area (Å²) in [5, 5.41) is 7.92. The maximum absolute atomic E-state index is 12.7. The average molecular weight is 346 g/mol. The summed E-state index contributed by atoms with van der Waals surface area (Å²) >= 11 is 1.68. The molecule has 0 unspecified atom stereocenters. The predicted octanol–water partition coefficient (Wildman–Crippen LogP) is 1.99. The van der Waals surface area contributed by atoms with E-state index in [2.05, 4.69) is 17.1 Å². The molecule has 2 aromatic rings. The van der Waals surface area contributed by atoms with Gasteiger partial charge < -0.3 is 9.80 Å². The molecule has 0 atom stereocenters. The third kappa shape index (κ3) is 3.56. The second-order valence-electron chi connectivity index (χ2n) is 5.84. The number of fused-ring (bicyclic) bond motifs is 1. The molecule has 24 heavy (non-hydrogen) atoms. The highest BCUT2D eigenvalue weighted by molar-refractivity contribution is 7.99. The summed E-state index contributed by atoms with van der Waals surface area (Å²) in [6, 6.07) is 7.62. The van der Waals surface area contributed by atoms with Gasteiger partial charge in [-0.3, -0.25) is 14.7 Å². The number of para-hydroxylation sites is 1. The van der Waals surface area contributed by atoms with Gasteiger partial charge in [-0.25, -0.2) is 0 Å². The second-order valence-corrected chi connectivity index (χ2v) is 6.95. The van der Waals surface area contributed by atoms with Crippen LogP contribution in [0.2, 0.25) is 0 Å². The molecule has 1 aliphatic heterocycles. The molecule has 1 aromatic heterocycles. The second kappa shape index (κ2) is 7.70. The van der Waals surface area contributed by atoms with Crippen LogP contribution in [0.25, 0.3) is 10.9 Å². The zero-order valence-corrected chi connectivity index (χ0v) is 14.6. The van der Waals surface area contributed by atoms with E-state index < -0.39 is 0 Å². The van der Waals surface area contributed by atoms with Crippen molar-refractivity contribution < 1.29 is 9.59 Å². The van der Waals surface area contributed by atoms with Crippen molar-refractivity contribution in [2.75, 3.05) is 37.7 Å². The lowest BCUT2D eigenvalue weighted by Crippen LogP contribution is -2.51. The van der Waals surface area contributed by atoms with Gasteiger partial charge in [0, 0.05) is 31.6 Å². The van der Waals surface area contributed by atoms with Crippen molar-refractivity contribution in [3.05, 3.63) is 30.0 Å². The molecule has 2 amide bonds. The van der Waals surface area contributed by atoms with Crippen LogP contribution in [0.5, 0.6) is 0 Å². The molecule has 1 N–H and O–H groups in total. The number of nitrogens with zero attached hydrogens (tertiary/aromatic N) is 3. The highest BCUT2D eigenvalue weighted by atomic mass is 32.2. The number of amides is 2. The lowest BCUT2D eigenvalue weighted by atomic mass is 10.2. The van der Waals surface area contributed by atoms with Crippen LogP contribution < -0.4 is 0 Å². The number of aromatic amines is 1. The summed E-state index contributed by atoms with van der Waals surface area (Å²) in [6.07, 6.45) is 1.08. The first-order valence-corrected chi connectivity index (χ1v) is 9.44.